The molecule has 218 valence electrons. The van der Waals surface area contributed by atoms with Crippen molar-refractivity contribution in [3.05, 3.63) is 94.1 Å². The minimum absolute atomic E-state index is 0.158. The molecule has 0 fully saturated rings. The van der Waals surface area contributed by atoms with Crippen LogP contribution in [-0.2, 0) is 39.6 Å². The largest absolute Gasteiger partial charge is 0.336 e. The molecule has 1 amide bonds. The summed E-state index contributed by atoms with van der Waals surface area (Å²) >= 11 is 0. The van der Waals surface area contributed by atoms with E-state index < -0.39 is 0 Å². The summed E-state index contributed by atoms with van der Waals surface area (Å²) in [5.41, 5.74) is 8.54. The van der Waals surface area contributed by atoms with Crippen LogP contribution in [0.4, 0.5) is 0 Å². The van der Waals surface area contributed by atoms with Gasteiger partial charge < -0.3 is 4.90 Å². The highest BCUT2D eigenvalue weighted by Crippen LogP contribution is 2.25. The summed E-state index contributed by atoms with van der Waals surface area (Å²) in [6, 6.07) is 16.7. The maximum atomic E-state index is 13.9. The normalized spacial score (nSPS) is 11.5. The van der Waals surface area contributed by atoms with Crippen molar-refractivity contribution in [1.29, 1.82) is 0 Å². The van der Waals surface area contributed by atoms with Gasteiger partial charge in [-0.3, -0.25) is 19.1 Å². The summed E-state index contributed by atoms with van der Waals surface area (Å²) < 4.78 is 3.74. The van der Waals surface area contributed by atoms with E-state index in [4.69, 9.17) is 15.1 Å². The van der Waals surface area contributed by atoms with Crippen LogP contribution in [0.1, 0.15) is 58.0 Å². The van der Waals surface area contributed by atoms with Gasteiger partial charge in [-0.25, -0.2) is 9.97 Å². The van der Waals surface area contributed by atoms with Gasteiger partial charge in [-0.1, -0.05) is 42.8 Å². The molecule has 0 unspecified atom stereocenters. The van der Waals surface area contributed by atoms with Crippen LogP contribution in [0.2, 0.25) is 0 Å². The second-order valence-electron chi connectivity index (χ2n) is 11.1. The number of hydrogen-bond acceptors (Lipinski definition) is 6. The van der Waals surface area contributed by atoms with Crippen molar-refractivity contribution < 1.29 is 4.79 Å². The zero-order valence-electron chi connectivity index (χ0n) is 25.7. The molecule has 0 bridgehead atoms. The van der Waals surface area contributed by atoms with Gasteiger partial charge in [0.1, 0.15) is 11.4 Å². The van der Waals surface area contributed by atoms with Gasteiger partial charge in [0.15, 0.2) is 5.82 Å². The Balaban J connectivity index is 1.42. The van der Waals surface area contributed by atoms with Crippen LogP contribution in [0, 0.1) is 13.8 Å². The predicted molar refractivity (Wildman–Crippen MR) is 166 cm³/mol. The van der Waals surface area contributed by atoms with Gasteiger partial charge >= 0.3 is 0 Å². The molecule has 0 aliphatic heterocycles. The quantitative estimate of drug-likeness (QED) is 0.228. The third-order valence-corrected chi connectivity index (χ3v) is 7.79. The van der Waals surface area contributed by atoms with E-state index in [1.807, 2.05) is 63.1 Å². The van der Waals surface area contributed by atoms with Gasteiger partial charge in [0.2, 0.25) is 0 Å². The topological polar surface area (TPSA) is 85.0 Å². The molecule has 0 saturated carbocycles. The van der Waals surface area contributed by atoms with E-state index in [9.17, 15) is 4.79 Å². The molecule has 2 aromatic carbocycles. The van der Waals surface area contributed by atoms with Crippen molar-refractivity contribution in [2.24, 2.45) is 7.05 Å². The number of carbonyl (C=O) groups is 1. The van der Waals surface area contributed by atoms with E-state index in [-0.39, 0.29) is 5.91 Å². The number of rotatable bonds is 10. The van der Waals surface area contributed by atoms with E-state index in [1.165, 1.54) is 11.1 Å². The molecule has 0 saturated heterocycles. The summed E-state index contributed by atoms with van der Waals surface area (Å²) in [6.07, 6.45) is 2.88. The Morgan fingerprint density at radius 1 is 0.905 bits per heavy atom. The highest BCUT2D eigenvalue weighted by molar-refractivity contribution is 6.04. The molecule has 5 rings (SSSR count). The number of fused-ring (bicyclic) bond motifs is 1. The Labute approximate surface area is 247 Å². The molecule has 0 radical (unpaired) electrons. The molecular weight excluding hydrogens is 524 g/mol. The standard InChI is InChI=1S/C33H40N8O/c1-8-24-11-13-25(14-12-24)19-38(5)21-27-17-30(40(7)37-27)32-35-29-15-10-22(3)16-28(29)31(36-32)33(42)39(6)20-26-18-34-41(9-2)23(26)4/h10-18H,8-9,19-21H2,1-7H3. The maximum absolute atomic E-state index is 13.9. The van der Waals surface area contributed by atoms with E-state index in [0.717, 1.165) is 58.6 Å². The average molecular weight is 565 g/mol. The van der Waals surface area contributed by atoms with Crippen LogP contribution in [-0.4, -0.2) is 59.3 Å². The molecule has 0 N–H and O–H groups in total. The van der Waals surface area contributed by atoms with Gasteiger partial charge in [-0.2, -0.15) is 10.2 Å². The summed E-state index contributed by atoms with van der Waals surface area (Å²) in [7, 11) is 5.80. The van der Waals surface area contributed by atoms with Crippen molar-refractivity contribution >= 4 is 16.8 Å². The molecule has 42 heavy (non-hydrogen) atoms. The predicted octanol–water partition coefficient (Wildman–Crippen LogP) is 5.33. The lowest BCUT2D eigenvalue weighted by atomic mass is 10.1. The zero-order valence-corrected chi connectivity index (χ0v) is 25.7. The molecule has 9 nitrogen and oxygen atoms in total. The Morgan fingerprint density at radius 3 is 2.33 bits per heavy atom. The summed E-state index contributed by atoms with van der Waals surface area (Å²) in [5.74, 6) is 0.325. The molecule has 5 aromatic rings. The average Bonchev–Trinajstić information content (AvgIpc) is 3.52. The number of nitrogens with zero attached hydrogens (tertiary/aromatic N) is 8. The number of aryl methyl sites for hydroxylation is 4. The van der Waals surface area contributed by atoms with Gasteiger partial charge in [0.25, 0.3) is 5.91 Å². The number of aromatic nitrogens is 6. The monoisotopic (exact) mass is 564 g/mol. The van der Waals surface area contributed by atoms with Crippen LogP contribution >= 0.6 is 0 Å². The first kappa shape index (κ1) is 29.1. The minimum atomic E-state index is -0.158. The van der Waals surface area contributed by atoms with Gasteiger partial charge in [0.05, 0.1) is 17.4 Å². The Bertz CT molecular complexity index is 1720. The molecule has 0 spiro atoms. The van der Waals surface area contributed by atoms with Crippen LogP contribution in [0.15, 0.2) is 54.7 Å². The van der Waals surface area contributed by atoms with E-state index in [0.29, 0.717) is 24.6 Å². The molecule has 3 aromatic heterocycles. The fourth-order valence-electron chi connectivity index (χ4n) is 5.32. The Hall–Kier alpha value is -4.37. The van der Waals surface area contributed by atoms with E-state index in [1.54, 1.807) is 9.58 Å². The molecule has 0 aliphatic carbocycles. The molecule has 0 aliphatic rings. The van der Waals surface area contributed by atoms with E-state index >= 15 is 0 Å². The summed E-state index contributed by atoms with van der Waals surface area (Å²) in [4.78, 5) is 27.5. The van der Waals surface area contributed by atoms with Crippen LogP contribution in [0.5, 0.6) is 0 Å². The highest BCUT2D eigenvalue weighted by Gasteiger charge is 2.22. The Kier molecular flexibility index (Phi) is 8.49. The zero-order chi connectivity index (χ0) is 30.0. The molecular formula is C33H40N8O. The Morgan fingerprint density at radius 2 is 1.64 bits per heavy atom. The lowest BCUT2D eigenvalue weighted by molar-refractivity contribution is 0.0781. The number of amides is 1. The fraction of sp³-hybridized carbons (Fsp3) is 0.364. The summed E-state index contributed by atoms with van der Waals surface area (Å²) in [5, 5.41) is 9.95. The van der Waals surface area contributed by atoms with E-state index in [2.05, 4.69) is 55.2 Å². The molecule has 0 atom stereocenters. The number of hydrogen-bond donors (Lipinski definition) is 0. The third kappa shape index (κ3) is 6.11. The van der Waals surface area contributed by atoms with Crippen LogP contribution in [0.3, 0.4) is 0 Å². The second kappa shape index (κ2) is 12.2. The third-order valence-electron chi connectivity index (χ3n) is 7.79. The van der Waals surface area contributed by atoms with Crippen molar-refractivity contribution in [1.82, 2.24) is 39.3 Å². The van der Waals surface area contributed by atoms with Crippen molar-refractivity contribution in [3.8, 4) is 11.5 Å². The molecule has 3 heterocycles. The van der Waals surface area contributed by atoms with Crippen molar-refractivity contribution in [3.63, 3.8) is 0 Å². The maximum Gasteiger partial charge on any atom is 0.273 e. The summed E-state index contributed by atoms with van der Waals surface area (Å²) in [6.45, 7) is 11.0. The number of benzene rings is 2. The SMILES string of the molecule is CCc1ccc(CN(C)Cc2cc(-c3nc(C(=O)N(C)Cc4cnn(CC)c4C)c4cc(C)ccc4n3)n(C)n2)cc1. The van der Waals surface area contributed by atoms with Gasteiger partial charge in [-0.05, 0) is 63.6 Å². The van der Waals surface area contributed by atoms with Gasteiger partial charge in [0, 0.05) is 56.9 Å². The highest BCUT2D eigenvalue weighted by atomic mass is 16.2. The van der Waals surface area contributed by atoms with Gasteiger partial charge in [-0.15, -0.1) is 0 Å². The first-order valence-corrected chi connectivity index (χ1v) is 14.5. The number of carbonyl (C=O) groups excluding carboxylic acids is 1. The van der Waals surface area contributed by atoms with Crippen molar-refractivity contribution in [2.45, 2.75) is 60.3 Å². The fourth-order valence-corrected chi connectivity index (χ4v) is 5.32. The van der Waals surface area contributed by atoms with Crippen LogP contribution < -0.4 is 0 Å². The first-order chi connectivity index (χ1) is 20.2. The lowest BCUT2D eigenvalue weighted by Crippen LogP contribution is -2.28. The molecule has 9 heteroatoms. The minimum Gasteiger partial charge on any atom is -0.336 e. The lowest BCUT2D eigenvalue weighted by Gasteiger charge is -2.18. The van der Waals surface area contributed by atoms with Crippen LogP contribution in [0.25, 0.3) is 22.4 Å². The second-order valence-corrected chi connectivity index (χ2v) is 11.1. The first-order valence-electron chi connectivity index (χ1n) is 14.5. The smallest absolute Gasteiger partial charge is 0.273 e. The van der Waals surface area contributed by atoms with Crippen molar-refractivity contribution in [2.75, 3.05) is 14.1 Å².